The first-order chi connectivity index (χ1) is 16.7. The number of anilines is 2. The summed E-state index contributed by atoms with van der Waals surface area (Å²) in [4.78, 5) is 39.9. The first-order valence-electron chi connectivity index (χ1n) is 11.8. The molecule has 35 heavy (non-hydrogen) atoms. The molecule has 0 aliphatic heterocycles. The van der Waals surface area contributed by atoms with Crippen molar-refractivity contribution in [1.82, 2.24) is 5.32 Å². The van der Waals surface area contributed by atoms with Crippen molar-refractivity contribution < 1.29 is 23.0 Å². The number of nitrogens with zero attached hydrogens (tertiary/aromatic N) is 1. The van der Waals surface area contributed by atoms with Crippen molar-refractivity contribution in [2.75, 3.05) is 21.7 Å². The fourth-order valence-corrected chi connectivity index (χ4v) is 5.06. The minimum Gasteiger partial charge on any atom is -0.352 e. The zero-order chi connectivity index (χ0) is 25.4. The fourth-order valence-electron chi connectivity index (χ4n) is 4.18. The number of amides is 3. The Labute approximate surface area is 207 Å². The number of carbonyl (C=O) groups is 3. The van der Waals surface area contributed by atoms with E-state index in [1.54, 1.807) is 25.1 Å². The lowest BCUT2D eigenvalue weighted by molar-refractivity contribution is -0.126. The molecule has 188 valence electrons. The number of hydrogen-bond acceptors (Lipinski definition) is 4. The Morgan fingerprint density at radius 1 is 1.06 bits per heavy atom. The summed E-state index contributed by atoms with van der Waals surface area (Å²) >= 11 is 0. The molecule has 1 aliphatic rings. The van der Waals surface area contributed by atoms with Crippen molar-refractivity contribution in [3.63, 3.8) is 0 Å². The maximum Gasteiger partial charge on any atom is 0.243 e. The maximum absolute atomic E-state index is 13.3. The number of benzene rings is 2. The minimum atomic E-state index is -1.80. The van der Waals surface area contributed by atoms with E-state index in [-0.39, 0.29) is 11.9 Å². The van der Waals surface area contributed by atoms with Crippen LogP contribution in [0.1, 0.15) is 44.6 Å². The predicted molar refractivity (Wildman–Crippen MR) is 136 cm³/mol. The number of nitrogens with one attached hydrogen (secondary N) is 2. The van der Waals surface area contributed by atoms with E-state index in [9.17, 15) is 23.0 Å². The highest BCUT2D eigenvalue weighted by molar-refractivity contribution is 7.86. The Morgan fingerprint density at radius 3 is 2.40 bits per heavy atom. The molecule has 2 aromatic carbocycles. The number of hydrogen-bond donors (Lipinski definition) is 2. The molecule has 7 nitrogen and oxygen atoms in total. The van der Waals surface area contributed by atoms with Crippen molar-refractivity contribution in [3.05, 3.63) is 59.9 Å². The van der Waals surface area contributed by atoms with Gasteiger partial charge in [-0.05, 0) is 68.7 Å². The summed E-state index contributed by atoms with van der Waals surface area (Å²) < 4.78 is 25.7. The average Bonchev–Trinajstić information content (AvgIpc) is 2.81. The van der Waals surface area contributed by atoms with E-state index in [2.05, 4.69) is 10.6 Å². The van der Waals surface area contributed by atoms with E-state index >= 15 is 0 Å². The lowest BCUT2D eigenvalue weighted by Gasteiger charge is -2.31. The molecule has 0 unspecified atom stereocenters. The molecule has 1 fully saturated rings. The number of halogens is 1. The van der Waals surface area contributed by atoms with Gasteiger partial charge in [-0.15, -0.1) is 0 Å². The van der Waals surface area contributed by atoms with Gasteiger partial charge in [-0.3, -0.25) is 23.5 Å². The number of aryl methyl sites for hydroxylation is 1. The summed E-state index contributed by atoms with van der Waals surface area (Å²) in [5.41, 5.74) is 1.82. The molecule has 0 spiro atoms. The first kappa shape index (κ1) is 26.5. The Kier molecular flexibility index (Phi) is 9.54. The molecule has 2 atom stereocenters. The van der Waals surface area contributed by atoms with E-state index < -0.39 is 46.0 Å². The highest BCUT2D eigenvalue weighted by Crippen LogP contribution is 2.21. The van der Waals surface area contributed by atoms with E-state index in [1.807, 2.05) is 13.0 Å². The molecule has 0 saturated heterocycles. The molecule has 0 bridgehead atoms. The van der Waals surface area contributed by atoms with Crippen LogP contribution in [0, 0.1) is 12.7 Å². The van der Waals surface area contributed by atoms with Crippen molar-refractivity contribution >= 4 is 39.9 Å². The van der Waals surface area contributed by atoms with E-state index in [0.717, 1.165) is 37.7 Å². The predicted octanol–water partition coefficient (Wildman–Crippen LogP) is 3.69. The van der Waals surface area contributed by atoms with Crippen molar-refractivity contribution in [2.45, 2.75) is 58.0 Å². The molecule has 1 aliphatic carbocycles. The van der Waals surface area contributed by atoms with E-state index in [1.165, 1.54) is 29.2 Å². The van der Waals surface area contributed by atoms with Crippen LogP contribution in [0.2, 0.25) is 0 Å². The Balaban J connectivity index is 1.67. The smallest absolute Gasteiger partial charge is 0.243 e. The standard InChI is InChI=1S/C26H32FN3O4S/c1-18-7-6-10-23(15-18)30(19(2)26(33)29-21-8-4-3-5-9-21)25(32)17-35(34)16-24(31)28-22-13-11-20(27)12-14-22/h6-7,10-15,19,21H,3-5,8-9,16-17H2,1-2H3,(H,28,31)(H,29,33)/t19-,35-/m1/s1. The van der Waals surface area contributed by atoms with Gasteiger partial charge >= 0.3 is 0 Å². The number of carbonyl (C=O) groups excluding carboxylic acids is 3. The van der Waals surface area contributed by atoms with Gasteiger partial charge in [-0.2, -0.15) is 0 Å². The SMILES string of the molecule is Cc1cccc(N(C(=O)C[S@](=O)CC(=O)Nc2ccc(F)cc2)[C@H](C)C(=O)NC2CCCCC2)c1. The van der Waals surface area contributed by atoms with Crippen LogP contribution in [-0.4, -0.2) is 45.5 Å². The second-order valence-corrected chi connectivity index (χ2v) is 10.4. The molecule has 0 aromatic heterocycles. The molecule has 2 aromatic rings. The molecule has 3 rings (SSSR count). The van der Waals surface area contributed by atoms with Gasteiger partial charge in [0, 0.05) is 28.2 Å². The van der Waals surface area contributed by atoms with Gasteiger partial charge in [0.1, 0.15) is 23.4 Å². The van der Waals surface area contributed by atoms with Crippen molar-refractivity contribution in [1.29, 1.82) is 0 Å². The maximum atomic E-state index is 13.3. The third-order valence-corrected chi connectivity index (χ3v) is 7.12. The molecule has 2 N–H and O–H groups in total. The molecule has 3 amide bonds. The zero-order valence-electron chi connectivity index (χ0n) is 20.1. The van der Waals surface area contributed by atoms with Gasteiger partial charge < -0.3 is 10.6 Å². The summed E-state index contributed by atoms with van der Waals surface area (Å²) in [6.45, 7) is 3.54. The second-order valence-electron chi connectivity index (χ2n) is 8.91. The van der Waals surface area contributed by atoms with Crippen LogP contribution in [0.4, 0.5) is 15.8 Å². The van der Waals surface area contributed by atoms with E-state index in [0.29, 0.717) is 11.4 Å². The van der Waals surface area contributed by atoms with Crippen LogP contribution in [0.3, 0.4) is 0 Å². The fraction of sp³-hybridized carbons (Fsp3) is 0.423. The Bertz CT molecular complexity index is 1070. The largest absolute Gasteiger partial charge is 0.352 e. The topological polar surface area (TPSA) is 95.6 Å². The van der Waals surface area contributed by atoms with Crippen LogP contribution in [-0.2, 0) is 25.2 Å². The monoisotopic (exact) mass is 501 g/mol. The zero-order valence-corrected chi connectivity index (χ0v) is 20.9. The van der Waals surface area contributed by atoms with Gasteiger partial charge in [0.05, 0.1) is 0 Å². The van der Waals surface area contributed by atoms with Gasteiger partial charge in [0.15, 0.2) is 0 Å². The van der Waals surface area contributed by atoms with Crippen molar-refractivity contribution in [2.24, 2.45) is 0 Å². The molecule has 0 heterocycles. The van der Waals surface area contributed by atoms with Gasteiger partial charge in [0.25, 0.3) is 0 Å². The summed E-state index contributed by atoms with van der Waals surface area (Å²) in [5.74, 6) is -2.55. The second kappa shape index (κ2) is 12.6. The van der Waals surface area contributed by atoms with Crippen molar-refractivity contribution in [3.8, 4) is 0 Å². The third-order valence-electron chi connectivity index (χ3n) is 5.97. The van der Waals surface area contributed by atoms with Crippen LogP contribution in [0.5, 0.6) is 0 Å². The van der Waals surface area contributed by atoms with Gasteiger partial charge in [-0.25, -0.2) is 4.39 Å². The summed E-state index contributed by atoms with van der Waals surface area (Å²) in [7, 11) is -1.80. The Hall–Kier alpha value is -3.07. The normalized spacial score (nSPS) is 15.6. The highest BCUT2D eigenvalue weighted by Gasteiger charge is 2.30. The molecule has 1 saturated carbocycles. The molecule has 9 heteroatoms. The molecule has 0 radical (unpaired) electrons. The lowest BCUT2D eigenvalue weighted by atomic mass is 9.95. The van der Waals surface area contributed by atoms with Gasteiger partial charge in [-0.1, -0.05) is 31.4 Å². The third kappa shape index (κ3) is 7.99. The highest BCUT2D eigenvalue weighted by atomic mass is 32.2. The first-order valence-corrected chi connectivity index (χ1v) is 13.3. The minimum absolute atomic E-state index is 0.0949. The molecular weight excluding hydrogens is 469 g/mol. The van der Waals surface area contributed by atoms with Crippen LogP contribution in [0.25, 0.3) is 0 Å². The summed E-state index contributed by atoms with van der Waals surface area (Å²) in [6.07, 6.45) is 5.14. The summed E-state index contributed by atoms with van der Waals surface area (Å²) in [6, 6.07) is 11.7. The van der Waals surface area contributed by atoms with Crippen LogP contribution < -0.4 is 15.5 Å². The molecular formula is C26H32FN3O4S. The number of rotatable bonds is 9. The van der Waals surface area contributed by atoms with Gasteiger partial charge in [0.2, 0.25) is 17.7 Å². The van der Waals surface area contributed by atoms with Crippen LogP contribution in [0.15, 0.2) is 48.5 Å². The quantitative estimate of drug-likeness (QED) is 0.548. The van der Waals surface area contributed by atoms with E-state index in [4.69, 9.17) is 0 Å². The Morgan fingerprint density at radius 2 is 1.74 bits per heavy atom. The van der Waals surface area contributed by atoms with Crippen LogP contribution >= 0.6 is 0 Å². The summed E-state index contributed by atoms with van der Waals surface area (Å²) in [5, 5.41) is 5.60. The lowest BCUT2D eigenvalue weighted by Crippen LogP contribution is -2.52. The average molecular weight is 502 g/mol.